The molecule has 2 heterocycles. The monoisotopic (exact) mass is 404 g/mol. The van der Waals surface area contributed by atoms with Crippen molar-refractivity contribution in [3.8, 4) is 0 Å². The number of nitrogens with two attached hydrogens (primary N) is 1. The fraction of sp³-hybridized carbons (Fsp3) is 0.625. The molecule has 0 aromatic carbocycles. The molecule has 7 nitrogen and oxygen atoms in total. The number of aromatic amines is 1. The average Bonchev–Trinajstić information content (AvgIpc) is 3.23. The number of nitrogens with zero attached hydrogens (tertiary/aromatic N) is 1. The third-order valence-electron chi connectivity index (χ3n) is 3.54. The highest BCUT2D eigenvalue weighted by Crippen LogP contribution is 2.27. The summed E-state index contributed by atoms with van der Waals surface area (Å²) in [7, 11) is 1.78. The van der Waals surface area contributed by atoms with E-state index in [4.69, 9.17) is 5.73 Å². The van der Waals surface area contributed by atoms with E-state index in [0.29, 0.717) is 12.1 Å². The molecule has 2 unspecified atom stereocenters. The third kappa shape index (κ3) is 6.16. The lowest BCUT2D eigenvalue weighted by Gasteiger charge is -2.15. The van der Waals surface area contributed by atoms with Crippen molar-refractivity contribution in [3.63, 3.8) is 0 Å². The van der Waals surface area contributed by atoms with Gasteiger partial charge >= 0.3 is 6.03 Å². The summed E-state index contributed by atoms with van der Waals surface area (Å²) in [5.74, 6) is -0.444. The predicted molar refractivity (Wildman–Crippen MR) is 98.8 cm³/mol. The number of likely N-dealkylation sites (N-methyl/N-ethyl adjacent to an activating group) is 1. The van der Waals surface area contributed by atoms with Gasteiger partial charge in [0.1, 0.15) is 5.69 Å². The van der Waals surface area contributed by atoms with Gasteiger partial charge in [0, 0.05) is 17.7 Å². The highest BCUT2D eigenvalue weighted by molar-refractivity contribution is 9.10. The van der Waals surface area contributed by atoms with Crippen molar-refractivity contribution in [2.24, 2.45) is 5.73 Å². The molecule has 24 heavy (non-hydrogen) atoms. The van der Waals surface area contributed by atoms with Crippen LogP contribution in [0.5, 0.6) is 0 Å². The number of halogens is 1. The Morgan fingerprint density at radius 1 is 1.33 bits per heavy atom. The van der Waals surface area contributed by atoms with Crippen LogP contribution < -0.4 is 11.1 Å². The van der Waals surface area contributed by atoms with Crippen molar-refractivity contribution in [1.82, 2.24) is 15.2 Å². The molecule has 1 saturated heterocycles. The highest BCUT2D eigenvalue weighted by atomic mass is 79.9. The first-order valence-corrected chi connectivity index (χ1v) is 9.03. The topological polar surface area (TPSA) is 111 Å². The standard InChI is InChI=1S/C7H12N2O2.C5H5BrN2O.2C2H6/c1-9-6-3-4(10)2-5(6)8-7(9)11;6-3-1-4(5(7)9)8-2-3;2*1-2/h4-6,10H,2-3H2,1H3,(H,8,11);1-2,8H,(H2,7,9);2*1-2H3/t4-,5?,6?;;;/m1.../s1. The second-order valence-electron chi connectivity index (χ2n) is 4.96. The van der Waals surface area contributed by atoms with Crippen LogP contribution >= 0.6 is 15.9 Å². The van der Waals surface area contributed by atoms with Crippen molar-refractivity contribution in [1.29, 1.82) is 0 Å². The molecule has 1 saturated carbocycles. The summed E-state index contributed by atoms with van der Waals surface area (Å²) in [6, 6.07) is 2.02. The molecular formula is C16H29BrN4O3. The van der Waals surface area contributed by atoms with Crippen LogP contribution in [0.4, 0.5) is 4.79 Å². The fourth-order valence-electron chi connectivity index (χ4n) is 2.49. The van der Waals surface area contributed by atoms with Crippen LogP contribution in [0.2, 0.25) is 0 Å². The van der Waals surface area contributed by atoms with Crippen molar-refractivity contribution in [2.75, 3.05) is 7.05 Å². The number of H-pyrrole nitrogens is 1. The number of carbonyl (C=O) groups is 2. The lowest BCUT2D eigenvalue weighted by atomic mass is 10.2. The molecule has 8 heteroatoms. The lowest BCUT2D eigenvalue weighted by molar-refractivity contribution is 0.0996. The fourth-order valence-corrected chi connectivity index (χ4v) is 2.84. The molecule has 1 aromatic heterocycles. The highest BCUT2D eigenvalue weighted by Gasteiger charge is 2.43. The Labute approximate surface area is 152 Å². The van der Waals surface area contributed by atoms with E-state index in [1.54, 1.807) is 24.2 Å². The number of carbonyl (C=O) groups excluding carboxylic acids is 2. The molecule has 3 rings (SSSR count). The molecule has 3 atom stereocenters. The number of aliphatic hydroxyl groups excluding tert-OH is 1. The number of hydrogen-bond donors (Lipinski definition) is 4. The van der Waals surface area contributed by atoms with E-state index in [1.807, 2.05) is 27.7 Å². The largest absolute Gasteiger partial charge is 0.393 e. The molecule has 2 aliphatic rings. The number of amides is 3. The molecule has 0 bridgehead atoms. The Morgan fingerprint density at radius 3 is 2.29 bits per heavy atom. The van der Waals surface area contributed by atoms with Gasteiger partial charge in [-0.1, -0.05) is 27.7 Å². The number of aromatic nitrogens is 1. The number of nitrogens with one attached hydrogen (secondary N) is 2. The maximum Gasteiger partial charge on any atom is 0.317 e. The minimum atomic E-state index is -0.444. The summed E-state index contributed by atoms with van der Waals surface area (Å²) in [5, 5.41) is 12.1. The molecule has 3 amide bonds. The smallest absolute Gasteiger partial charge is 0.317 e. The van der Waals surface area contributed by atoms with E-state index in [-0.39, 0.29) is 24.2 Å². The maximum atomic E-state index is 11.0. The first-order chi connectivity index (χ1) is 11.4. The van der Waals surface area contributed by atoms with E-state index in [9.17, 15) is 14.7 Å². The third-order valence-corrected chi connectivity index (χ3v) is 4.00. The normalized spacial score (nSPS) is 23.5. The van der Waals surface area contributed by atoms with E-state index in [2.05, 4.69) is 26.2 Å². The Hall–Kier alpha value is -1.54. The van der Waals surface area contributed by atoms with Gasteiger partial charge in [-0.2, -0.15) is 0 Å². The van der Waals surface area contributed by atoms with Gasteiger partial charge in [-0.3, -0.25) is 4.79 Å². The van der Waals surface area contributed by atoms with Crippen LogP contribution in [-0.4, -0.2) is 52.2 Å². The van der Waals surface area contributed by atoms with E-state index >= 15 is 0 Å². The number of fused-ring (bicyclic) bond motifs is 1. The predicted octanol–water partition coefficient (Wildman–Crippen LogP) is 2.46. The molecule has 1 aliphatic heterocycles. The summed E-state index contributed by atoms with van der Waals surface area (Å²) < 4.78 is 0.830. The van der Waals surface area contributed by atoms with Crippen molar-refractivity contribution < 1.29 is 14.7 Å². The molecule has 0 radical (unpaired) electrons. The summed E-state index contributed by atoms with van der Waals surface area (Å²) in [4.78, 5) is 25.8. The second-order valence-corrected chi connectivity index (χ2v) is 5.87. The van der Waals surface area contributed by atoms with Crippen LogP contribution in [0.25, 0.3) is 0 Å². The first kappa shape index (κ1) is 22.5. The zero-order chi connectivity index (χ0) is 18.9. The zero-order valence-corrected chi connectivity index (χ0v) is 16.6. The van der Waals surface area contributed by atoms with Crippen molar-refractivity contribution >= 4 is 27.9 Å². The van der Waals surface area contributed by atoms with E-state index < -0.39 is 5.91 Å². The van der Waals surface area contributed by atoms with Crippen LogP contribution in [0, 0.1) is 0 Å². The number of rotatable bonds is 1. The molecular weight excluding hydrogens is 376 g/mol. The van der Waals surface area contributed by atoms with Crippen LogP contribution in [0.3, 0.4) is 0 Å². The summed E-state index contributed by atoms with van der Waals surface area (Å²) in [6.45, 7) is 8.00. The average molecular weight is 405 g/mol. The zero-order valence-electron chi connectivity index (χ0n) is 15.0. The van der Waals surface area contributed by atoms with Crippen LogP contribution in [-0.2, 0) is 0 Å². The Morgan fingerprint density at radius 2 is 1.92 bits per heavy atom. The molecule has 5 N–H and O–H groups in total. The van der Waals surface area contributed by atoms with Gasteiger partial charge in [-0.15, -0.1) is 0 Å². The molecule has 0 spiro atoms. The van der Waals surface area contributed by atoms with Gasteiger partial charge in [-0.05, 0) is 34.8 Å². The SMILES string of the molecule is CC.CC.CN1C(=O)NC2C[C@@H](O)CC21.NC(=O)c1cc(Br)c[nH]1. The lowest BCUT2D eigenvalue weighted by Crippen LogP contribution is -2.30. The Balaban J connectivity index is 0.000000371. The van der Waals surface area contributed by atoms with Gasteiger partial charge in [-0.25, -0.2) is 4.79 Å². The molecule has 1 aromatic rings. The van der Waals surface area contributed by atoms with E-state index in [1.165, 1.54) is 0 Å². The van der Waals surface area contributed by atoms with Crippen LogP contribution in [0.15, 0.2) is 16.7 Å². The van der Waals surface area contributed by atoms with Gasteiger partial charge in [0.05, 0.1) is 18.2 Å². The van der Waals surface area contributed by atoms with Gasteiger partial charge < -0.3 is 26.0 Å². The van der Waals surface area contributed by atoms with Crippen LogP contribution in [0.1, 0.15) is 51.0 Å². The summed E-state index contributed by atoms with van der Waals surface area (Å²) >= 11 is 3.16. The van der Waals surface area contributed by atoms with Crippen molar-refractivity contribution in [2.45, 2.75) is 58.7 Å². The van der Waals surface area contributed by atoms with E-state index in [0.717, 1.165) is 10.9 Å². The second kappa shape index (κ2) is 11.1. The van der Waals surface area contributed by atoms with Gasteiger partial charge in [0.15, 0.2) is 0 Å². The number of aliphatic hydroxyl groups is 1. The molecule has 2 fully saturated rings. The minimum Gasteiger partial charge on any atom is -0.393 e. The van der Waals surface area contributed by atoms with Gasteiger partial charge in [0.25, 0.3) is 5.91 Å². The first-order valence-electron chi connectivity index (χ1n) is 8.23. The van der Waals surface area contributed by atoms with Crippen molar-refractivity contribution in [3.05, 3.63) is 22.4 Å². The number of urea groups is 1. The maximum absolute atomic E-state index is 11.0. The number of primary amides is 1. The minimum absolute atomic E-state index is 0.00750. The Bertz CT molecular complexity index is 521. The molecule has 1 aliphatic carbocycles. The number of hydrogen-bond acceptors (Lipinski definition) is 3. The quantitative estimate of drug-likeness (QED) is 0.576. The summed E-state index contributed by atoms with van der Waals surface area (Å²) in [5.41, 5.74) is 5.35. The van der Waals surface area contributed by atoms with Gasteiger partial charge in [0.2, 0.25) is 0 Å². The Kier molecular flexibility index (Phi) is 10.4. The summed E-state index contributed by atoms with van der Waals surface area (Å²) in [6.07, 6.45) is 2.86. The molecule has 138 valence electrons.